The monoisotopic (exact) mass is 277 g/mol. The zero-order valence-electron chi connectivity index (χ0n) is 11.9. The summed E-state index contributed by atoms with van der Waals surface area (Å²) < 4.78 is 5.27. The molecule has 4 heteroatoms. The Morgan fingerprint density at radius 3 is 2.80 bits per heavy atom. The van der Waals surface area contributed by atoms with Crippen molar-refractivity contribution < 1.29 is 14.6 Å². The van der Waals surface area contributed by atoms with Crippen molar-refractivity contribution in [1.29, 1.82) is 0 Å². The van der Waals surface area contributed by atoms with Gasteiger partial charge in [0.05, 0.1) is 18.6 Å². The summed E-state index contributed by atoms with van der Waals surface area (Å²) in [5, 5.41) is 12.7. The summed E-state index contributed by atoms with van der Waals surface area (Å²) in [6, 6.07) is 10.3. The van der Waals surface area contributed by atoms with Gasteiger partial charge in [0.25, 0.3) is 0 Å². The normalized spacial score (nSPS) is 23.6. The van der Waals surface area contributed by atoms with Gasteiger partial charge in [-0.15, -0.1) is 0 Å². The molecule has 1 saturated carbocycles. The first-order valence-electron chi connectivity index (χ1n) is 7.22. The Morgan fingerprint density at radius 1 is 1.40 bits per heavy atom. The molecular formula is C16H23NO3. The van der Waals surface area contributed by atoms with Crippen LogP contribution in [0.1, 0.15) is 30.9 Å². The fourth-order valence-corrected chi connectivity index (χ4v) is 3.02. The SMILES string of the molecule is COCC(NCC1CCCC1C(=O)O)c1ccccc1. The average molecular weight is 277 g/mol. The van der Waals surface area contributed by atoms with E-state index >= 15 is 0 Å². The summed E-state index contributed by atoms with van der Waals surface area (Å²) in [5.41, 5.74) is 1.18. The second kappa shape index (κ2) is 7.41. The minimum Gasteiger partial charge on any atom is -0.481 e. The molecule has 1 aromatic rings. The Morgan fingerprint density at radius 2 is 2.15 bits per heavy atom. The number of benzene rings is 1. The lowest BCUT2D eigenvalue weighted by Gasteiger charge is -2.22. The quantitative estimate of drug-likeness (QED) is 0.804. The third-order valence-corrected chi connectivity index (χ3v) is 4.14. The molecule has 4 nitrogen and oxygen atoms in total. The van der Waals surface area contributed by atoms with E-state index in [1.54, 1.807) is 7.11 Å². The number of carboxylic acid groups (broad SMARTS) is 1. The van der Waals surface area contributed by atoms with Gasteiger partial charge in [-0.1, -0.05) is 36.8 Å². The molecule has 0 heterocycles. The predicted octanol–water partition coefficient (Wildman–Crippen LogP) is 2.46. The molecule has 0 bridgehead atoms. The molecule has 2 rings (SSSR count). The van der Waals surface area contributed by atoms with Crippen LogP contribution in [0.4, 0.5) is 0 Å². The number of hydrogen-bond acceptors (Lipinski definition) is 3. The Bertz CT molecular complexity index is 421. The van der Waals surface area contributed by atoms with E-state index in [9.17, 15) is 9.90 Å². The van der Waals surface area contributed by atoms with Crippen molar-refractivity contribution in [2.24, 2.45) is 11.8 Å². The van der Waals surface area contributed by atoms with E-state index in [1.165, 1.54) is 5.56 Å². The fraction of sp³-hybridized carbons (Fsp3) is 0.562. The predicted molar refractivity (Wildman–Crippen MR) is 77.5 cm³/mol. The number of nitrogens with one attached hydrogen (secondary N) is 1. The molecule has 3 atom stereocenters. The Balaban J connectivity index is 1.94. The topological polar surface area (TPSA) is 58.6 Å². The molecule has 0 spiro atoms. The first-order chi connectivity index (χ1) is 9.72. The molecule has 3 unspecified atom stereocenters. The van der Waals surface area contributed by atoms with E-state index in [2.05, 4.69) is 17.4 Å². The van der Waals surface area contributed by atoms with E-state index in [0.717, 1.165) is 25.8 Å². The minimum atomic E-state index is -0.655. The lowest BCUT2D eigenvalue weighted by molar-refractivity contribution is -0.142. The van der Waals surface area contributed by atoms with Crippen LogP contribution in [0.15, 0.2) is 30.3 Å². The molecule has 1 aliphatic carbocycles. The van der Waals surface area contributed by atoms with Crippen molar-refractivity contribution in [3.8, 4) is 0 Å². The molecule has 0 saturated heterocycles. The van der Waals surface area contributed by atoms with Crippen molar-refractivity contribution in [2.75, 3.05) is 20.3 Å². The molecule has 0 radical (unpaired) electrons. The third kappa shape index (κ3) is 3.81. The van der Waals surface area contributed by atoms with Gasteiger partial charge in [0.2, 0.25) is 0 Å². The van der Waals surface area contributed by atoms with Crippen molar-refractivity contribution in [3.63, 3.8) is 0 Å². The van der Waals surface area contributed by atoms with Gasteiger partial charge in [-0.25, -0.2) is 0 Å². The van der Waals surface area contributed by atoms with Crippen LogP contribution in [0.5, 0.6) is 0 Å². The number of hydrogen-bond donors (Lipinski definition) is 2. The fourth-order valence-electron chi connectivity index (χ4n) is 3.02. The van der Waals surface area contributed by atoms with Crippen LogP contribution < -0.4 is 5.32 Å². The van der Waals surface area contributed by atoms with Crippen LogP contribution in [-0.4, -0.2) is 31.3 Å². The van der Waals surface area contributed by atoms with E-state index in [-0.39, 0.29) is 17.9 Å². The number of carboxylic acids is 1. The Labute approximate surface area is 120 Å². The Hall–Kier alpha value is -1.39. The van der Waals surface area contributed by atoms with Gasteiger partial charge in [0.1, 0.15) is 0 Å². The largest absolute Gasteiger partial charge is 0.481 e. The highest BCUT2D eigenvalue weighted by Gasteiger charge is 2.32. The van der Waals surface area contributed by atoms with Crippen LogP contribution >= 0.6 is 0 Å². The molecule has 1 aliphatic rings. The van der Waals surface area contributed by atoms with E-state index in [4.69, 9.17) is 4.74 Å². The van der Waals surface area contributed by atoms with Crippen LogP contribution in [0.3, 0.4) is 0 Å². The zero-order valence-corrected chi connectivity index (χ0v) is 11.9. The summed E-state index contributed by atoms with van der Waals surface area (Å²) in [6.45, 7) is 1.33. The van der Waals surface area contributed by atoms with Gasteiger partial charge in [-0.05, 0) is 30.9 Å². The zero-order chi connectivity index (χ0) is 14.4. The maximum absolute atomic E-state index is 11.2. The second-order valence-corrected chi connectivity index (χ2v) is 5.46. The smallest absolute Gasteiger partial charge is 0.306 e. The molecule has 0 amide bonds. The molecule has 0 aliphatic heterocycles. The molecule has 20 heavy (non-hydrogen) atoms. The lowest BCUT2D eigenvalue weighted by atomic mass is 9.95. The lowest BCUT2D eigenvalue weighted by Crippen LogP contribution is -2.33. The standard InChI is InChI=1S/C16H23NO3/c1-20-11-15(12-6-3-2-4-7-12)17-10-13-8-5-9-14(13)16(18)19/h2-4,6-7,13-15,17H,5,8-11H2,1H3,(H,18,19). The summed E-state index contributed by atoms with van der Waals surface area (Å²) in [4.78, 5) is 11.2. The maximum Gasteiger partial charge on any atom is 0.306 e. The van der Waals surface area contributed by atoms with E-state index < -0.39 is 5.97 Å². The highest BCUT2D eigenvalue weighted by Crippen LogP contribution is 2.31. The molecular weight excluding hydrogens is 254 g/mol. The van der Waals surface area contributed by atoms with Crippen molar-refractivity contribution >= 4 is 5.97 Å². The third-order valence-electron chi connectivity index (χ3n) is 4.14. The van der Waals surface area contributed by atoms with Crippen LogP contribution in [0.25, 0.3) is 0 Å². The van der Waals surface area contributed by atoms with Crippen molar-refractivity contribution in [1.82, 2.24) is 5.32 Å². The Kier molecular flexibility index (Phi) is 5.56. The van der Waals surface area contributed by atoms with Gasteiger partial charge < -0.3 is 15.2 Å². The summed E-state index contributed by atoms with van der Waals surface area (Å²) in [7, 11) is 1.69. The van der Waals surface area contributed by atoms with Gasteiger partial charge in [0.15, 0.2) is 0 Å². The minimum absolute atomic E-state index is 0.122. The summed E-state index contributed by atoms with van der Waals surface area (Å²) in [5.74, 6) is -0.616. The molecule has 110 valence electrons. The number of ether oxygens (including phenoxy) is 1. The maximum atomic E-state index is 11.2. The number of aliphatic carboxylic acids is 1. The number of carbonyl (C=O) groups is 1. The van der Waals surface area contributed by atoms with Gasteiger partial charge in [-0.3, -0.25) is 4.79 Å². The van der Waals surface area contributed by atoms with Crippen LogP contribution in [0, 0.1) is 11.8 Å². The first-order valence-corrected chi connectivity index (χ1v) is 7.22. The highest BCUT2D eigenvalue weighted by atomic mass is 16.5. The number of methoxy groups -OCH3 is 1. The van der Waals surface area contributed by atoms with E-state index in [0.29, 0.717) is 6.61 Å². The van der Waals surface area contributed by atoms with Crippen LogP contribution in [-0.2, 0) is 9.53 Å². The second-order valence-electron chi connectivity index (χ2n) is 5.46. The van der Waals surface area contributed by atoms with Crippen molar-refractivity contribution in [2.45, 2.75) is 25.3 Å². The first kappa shape index (κ1) is 15.0. The summed E-state index contributed by atoms with van der Waals surface area (Å²) in [6.07, 6.45) is 2.82. The van der Waals surface area contributed by atoms with Gasteiger partial charge in [0, 0.05) is 7.11 Å². The van der Waals surface area contributed by atoms with Gasteiger partial charge in [-0.2, -0.15) is 0 Å². The van der Waals surface area contributed by atoms with Gasteiger partial charge >= 0.3 is 5.97 Å². The molecule has 1 fully saturated rings. The van der Waals surface area contributed by atoms with Crippen molar-refractivity contribution in [3.05, 3.63) is 35.9 Å². The van der Waals surface area contributed by atoms with E-state index in [1.807, 2.05) is 18.2 Å². The summed E-state index contributed by atoms with van der Waals surface area (Å²) >= 11 is 0. The molecule has 1 aromatic carbocycles. The number of rotatable bonds is 7. The highest BCUT2D eigenvalue weighted by molar-refractivity contribution is 5.70. The molecule has 2 N–H and O–H groups in total. The molecule has 0 aromatic heterocycles. The average Bonchev–Trinajstić information content (AvgIpc) is 2.93. The van der Waals surface area contributed by atoms with Crippen LogP contribution in [0.2, 0.25) is 0 Å².